The Hall–Kier alpha value is -3.54. The van der Waals surface area contributed by atoms with E-state index >= 15 is 8.78 Å². The molecule has 9 atom stereocenters. The minimum absolute atomic E-state index is 0.00735. The van der Waals surface area contributed by atoms with Crippen molar-refractivity contribution in [2.45, 2.75) is 49.2 Å². The number of anilines is 2. The van der Waals surface area contributed by atoms with Crippen LogP contribution in [0.25, 0.3) is 22.3 Å². The first-order chi connectivity index (χ1) is 20.9. The summed E-state index contributed by atoms with van der Waals surface area (Å²) in [6.45, 7) is -1.72. The molecule has 0 spiro atoms. The number of nitrogen functional groups attached to an aromatic ring is 2. The van der Waals surface area contributed by atoms with Gasteiger partial charge in [-0.15, -0.1) is 0 Å². The molecule has 0 radical (unpaired) electrons. The van der Waals surface area contributed by atoms with Crippen molar-refractivity contribution in [3.8, 4) is 0 Å². The zero-order chi connectivity index (χ0) is 31.0. The minimum Gasteiger partial charge on any atom is -0.756 e. The number of nitrogens with two attached hydrogens (primary N) is 2. The molecule has 4 aromatic rings. The van der Waals surface area contributed by atoms with Gasteiger partial charge >= 0.3 is 10.3 Å². The maximum Gasteiger partial charge on any atom is 0.336 e. The highest BCUT2D eigenvalue weighted by atomic mass is 32.2. The van der Waals surface area contributed by atoms with Crippen molar-refractivity contribution in [1.29, 1.82) is 0 Å². The molecule has 3 aliphatic heterocycles. The van der Waals surface area contributed by atoms with E-state index in [-0.39, 0.29) is 34.0 Å². The Morgan fingerprint density at radius 1 is 0.886 bits per heavy atom. The Balaban J connectivity index is 1.17. The fourth-order valence-corrected chi connectivity index (χ4v) is 7.10. The number of ether oxygens (including phenoxy) is 2. The minimum atomic E-state index is -5.36. The normalized spacial score (nSPS) is 36.1. The molecule has 0 aromatic carbocycles. The third-order valence-corrected chi connectivity index (χ3v) is 9.17. The molecule has 3 saturated heterocycles. The zero-order valence-corrected chi connectivity index (χ0v) is 23.6. The maximum atomic E-state index is 15.8. The average Bonchev–Trinajstić information content (AvgIpc) is 3.73. The van der Waals surface area contributed by atoms with Gasteiger partial charge in [0.25, 0.3) is 7.82 Å². The van der Waals surface area contributed by atoms with Gasteiger partial charge in [-0.3, -0.25) is 13.7 Å². The summed E-state index contributed by atoms with van der Waals surface area (Å²) in [5.41, 5.74) is 11.9. The third-order valence-electron chi connectivity index (χ3n) is 7.20. The number of rotatable bonds is 2. The van der Waals surface area contributed by atoms with E-state index in [2.05, 4.69) is 29.9 Å². The van der Waals surface area contributed by atoms with Crippen LogP contribution in [0.15, 0.2) is 25.3 Å². The third kappa shape index (κ3) is 4.95. The molecule has 1 unspecified atom stereocenters. The highest BCUT2D eigenvalue weighted by Crippen LogP contribution is 2.48. The largest absolute Gasteiger partial charge is 0.756 e. The average molecular weight is 660 g/mol. The summed E-state index contributed by atoms with van der Waals surface area (Å²) in [6.07, 6.45) is -10.1. The molecular formula is C20H21F2N11O9PS-. The molecule has 7 rings (SSSR count). The van der Waals surface area contributed by atoms with Crippen LogP contribution in [-0.4, -0.2) is 97.4 Å². The second-order valence-corrected chi connectivity index (χ2v) is 12.6. The first-order valence-electron chi connectivity index (χ1n) is 12.7. The van der Waals surface area contributed by atoms with E-state index in [0.29, 0.717) is 0 Å². The molecule has 236 valence electrons. The summed E-state index contributed by atoms with van der Waals surface area (Å²) in [7, 11) is -10.2. The molecular weight excluding hydrogens is 639 g/mol. The summed E-state index contributed by atoms with van der Waals surface area (Å²) < 4.78 is 101. The van der Waals surface area contributed by atoms with Crippen molar-refractivity contribution in [3.63, 3.8) is 0 Å². The molecule has 0 saturated carbocycles. The lowest BCUT2D eigenvalue weighted by Crippen LogP contribution is -2.45. The summed E-state index contributed by atoms with van der Waals surface area (Å²) >= 11 is 0. The van der Waals surface area contributed by atoms with Gasteiger partial charge in [0.1, 0.15) is 48.1 Å². The fourth-order valence-electron chi connectivity index (χ4n) is 5.20. The number of phosphoric acid groups is 1. The first-order valence-corrected chi connectivity index (χ1v) is 15.6. The van der Waals surface area contributed by atoms with Gasteiger partial charge in [0.2, 0.25) is 0 Å². The number of phosphoric ester groups is 1. The molecule has 3 aliphatic rings. The van der Waals surface area contributed by atoms with Gasteiger partial charge in [0.15, 0.2) is 47.7 Å². The molecule has 7 heterocycles. The van der Waals surface area contributed by atoms with E-state index in [4.69, 9.17) is 34.2 Å². The SMILES string of the molecule is Nc1ncnc2c1ncn2[C@@H]1O[C@@H]2CNS(=O)(=O)O[C@H]3[C@@H](F)[C@H](n4cnc5c(N)ncnc54)O[C@@H]3COP(=O)([O-])O[C@H]2[C@H]1F. The van der Waals surface area contributed by atoms with Crippen molar-refractivity contribution in [3.05, 3.63) is 25.3 Å². The molecule has 44 heavy (non-hydrogen) atoms. The maximum absolute atomic E-state index is 15.8. The molecule has 0 amide bonds. The van der Waals surface area contributed by atoms with Crippen molar-refractivity contribution in [1.82, 2.24) is 43.8 Å². The lowest BCUT2D eigenvalue weighted by molar-refractivity contribution is -0.235. The second-order valence-electron chi connectivity index (χ2n) is 9.86. The lowest BCUT2D eigenvalue weighted by Gasteiger charge is -2.31. The predicted octanol–water partition coefficient (Wildman–Crippen LogP) is -1.59. The van der Waals surface area contributed by atoms with E-state index in [0.717, 1.165) is 34.4 Å². The number of hydrogen-bond donors (Lipinski definition) is 3. The molecule has 0 aliphatic carbocycles. The second kappa shape index (κ2) is 10.5. The highest BCUT2D eigenvalue weighted by molar-refractivity contribution is 7.84. The van der Waals surface area contributed by atoms with E-state index in [1.807, 2.05) is 4.72 Å². The first kappa shape index (κ1) is 29.2. The van der Waals surface area contributed by atoms with Gasteiger partial charge < -0.3 is 34.9 Å². The van der Waals surface area contributed by atoms with E-state index in [1.54, 1.807) is 0 Å². The predicted molar refractivity (Wildman–Crippen MR) is 137 cm³/mol. The zero-order valence-electron chi connectivity index (χ0n) is 21.9. The van der Waals surface area contributed by atoms with Gasteiger partial charge in [0.05, 0.1) is 19.3 Å². The Morgan fingerprint density at radius 3 is 2.02 bits per heavy atom. The quantitative estimate of drug-likeness (QED) is 0.204. The van der Waals surface area contributed by atoms with Crippen LogP contribution in [0.4, 0.5) is 20.4 Å². The summed E-state index contributed by atoms with van der Waals surface area (Å²) in [4.78, 5) is 36.5. The molecule has 5 N–H and O–H groups in total. The Labute approximate surface area is 244 Å². The van der Waals surface area contributed by atoms with Gasteiger partial charge in [-0.05, 0) is 0 Å². The van der Waals surface area contributed by atoms with Crippen LogP contribution < -0.4 is 21.1 Å². The van der Waals surface area contributed by atoms with E-state index in [9.17, 15) is 17.9 Å². The van der Waals surface area contributed by atoms with E-state index in [1.165, 1.54) is 0 Å². The van der Waals surface area contributed by atoms with Crippen LogP contribution in [0.1, 0.15) is 12.5 Å². The Morgan fingerprint density at radius 2 is 1.43 bits per heavy atom. The van der Waals surface area contributed by atoms with Crippen molar-refractivity contribution in [2.75, 3.05) is 24.6 Å². The fraction of sp³-hybridized carbons (Fsp3) is 0.500. The van der Waals surface area contributed by atoms with Gasteiger partial charge in [-0.1, -0.05) is 0 Å². The number of nitrogens with one attached hydrogen (secondary N) is 1. The number of nitrogens with zero attached hydrogens (tertiary/aromatic N) is 8. The van der Waals surface area contributed by atoms with E-state index < -0.39 is 80.5 Å². The molecule has 3 fully saturated rings. The van der Waals surface area contributed by atoms with Crippen LogP contribution in [0, 0.1) is 0 Å². The molecule has 4 aromatic heterocycles. The summed E-state index contributed by atoms with van der Waals surface area (Å²) in [5, 5.41) is 0. The smallest absolute Gasteiger partial charge is 0.336 e. The van der Waals surface area contributed by atoms with Crippen molar-refractivity contribution >= 4 is 52.1 Å². The number of fused-ring (bicyclic) bond motifs is 4. The standard InChI is InChI=1S/C20H22F2N11O9PS/c21-9-13-7(39-19(9)32-5-29-11-15(23)25-3-27-17(11)32)1-31-44(36,37)42-14-8(2-38-43(34,35)41-13)40-20(10(14)22)33-6-30-12-16(24)26-4-28-18(12)33/h3-10,13-14,19-20,31H,1-2H2,(H,34,35)(H2,23,25,27)(H2,24,26,28)/p-1/t7-,8-,9-,10-,13-,14-,19-,20-/m1/s1. The van der Waals surface area contributed by atoms with Crippen molar-refractivity contribution in [2.24, 2.45) is 0 Å². The van der Waals surface area contributed by atoms with Crippen LogP contribution in [0.2, 0.25) is 0 Å². The van der Waals surface area contributed by atoms with Crippen LogP contribution in [0.3, 0.4) is 0 Å². The van der Waals surface area contributed by atoms with Gasteiger partial charge in [-0.2, -0.15) is 13.1 Å². The Bertz CT molecular complexity index is 1900. The van der Waals surface area contributed by atoms with Crippen LogP contribution in [0.5, 0.6) is 0 Å². The highest BCUT2D eigenvalue weighted by Gasteiger charge is 2.53. The Kier molecular flexibility index (Phi) is 6.98. The number of hydrogen-bond acceptors (Lipinski definition) is 17. The number of halogens is 2. The molecule has 24 heteroatoms. The van der Waals surface area contributed by atoms with Gasteiger partial charge in [-0.25, -0.2) is 42.9 Å². The number of alkyl halides is 2. The topological polar surface area (TPSA) is 272 Å². The molecule has 0 bridgehead atoms. The lowest BCUT2D eigenvalue weighted by atomic mass is 10.1. The monoisotopic (exact) mass is 660 g/mol. The van der Waals surface area contributed by atoms with Crippen LogP contribution >= 0.6 is 7.82 Å². The summed E-state index contributed by atoms with van der Waals surface area (Å²) in [5.74, 6) is -0.0173. The van der Waals surface area contributed by atoms with Crippen molar-refractivity contribution < 1.29 is 49.4 Å². The number of aromatic nitrogens is 8. The number of imidazole rings is 2. The summed E-state index contributed by atoms with van der Waals surface area (Å²) in [6, 6.07) is 0. The van der Waals surface area contributed by atoms with Crippen LogP contribution in [-0.2, 0) is 37.6 Å². The molecule has 20 nitrogen and oxygen atoms in total. The van der Waals surface area contributed by atoms with Gasteiger partial charge in [0, 0.05) is 6.54 Å².